The van der Waals surface area contributed by atoms with Gasteiger partial charge in [-0.1, -0.05) is 13.8 Å². The molecule has 1 aromatic heterocycles. The van der Waals surface area contributed by atoms with Gasteiger partial charge < -0.3 is 10.2 Å². The Morgan fingerprint density at radius 1 is 1.57 bits per heavy atom. The average molecular weight is 193 g/mol. The molecule has 14 heavy (non-hydrogen) atoms. The largest absolute Gasteiger partial charge is 0.469 e. The summed E-state index contributed by atoms with van der Waals surface area (Å²) in [5, 5.41) is 0. The first-order valence-electron chi connectivity index (χ1n) is 5.34. The lowest BCUT2D eigenvalue weighted by Gasteiger charge is -2.40. The number of furan rings is 1. The predicted molar refractivity (Wildman–Crippen MR) is 57.2 cm³/mol. The molecule has 2 unspecified atom stereocenters. The number of aryl methyl sites for hydroxylation is 1. The fourth-order valence-corrected chi connectivity index (χ4v) is 2.84. The van der Waals surface area contributed by atoms with Crippen LogP contribution in [0.5, 0.6) is 0 Å². The average Bonchev–Trinajstić information content (AvgIpc) is 2.48. The van der Waals surface area contributed by atoms with Gasteiger partial charge in [0.05, 0.1) is 6.26 Å². The zero-order chi connectivity index (χ0) is 10.3. The normalized spacial score (nSPS) is 27.0. The van der Waals surface area contributed by atoms with Crippen molar-refractivity contribution in [3.63, 3.8) is 0 Å². The second-order valence-electron chi connectivity index (χ2n) is 5.12. The minimum absolute atomic E-state index is 0.196. The first kappa shape index (κ1) is 9.78. The van der Waals surface area contributed by atoms with Crippen LogP contribution in [0.1, 0.15) is 44.4 Å². The molecule has 0 saturated heterocycles. The monoisotopic (exact) mass is 193 g/mol. The van der Waals surface area contributed by atoms with Crippen LogP contribution in [-0.4, -0.2) is 6.04 Å². The van der Waals surface area contributed by atoms with Crippen molar-refractivity contribution in [2.75, 3.05) is 0 Å². The van der Waals surface area contributed by atoms with E-state index in [1.165, 1.54) is 12.0 Å². The Kier molecular flexibility index (Phi) is 2.18. The van der Waals surface area contributed by atoms with Crippen LogP contribution in [0.4, 0.5) is 0 Å². The summed E-state index contributed by atoms with van der Waals surface area (Å²) in [5.41, 5.74) is 7.70. The van der Waals surface area contributed by atoms with Crippen LogP contribution in [0.3, 0.4) is 0 Å². The van der Waals surface area contributed by atoms with Crippen LogP contribution in [0, 0.1) is 5.41 Å². The van der Waals surface area contributed by atoms with E-state index in [1.807, 2.05) is 0 Å². The van der Waals surface area contributed by atoms with Gasteiger partial charge in [0.1, 0.15) is 5.76 Å². The molecule has 0 amide bonds. The van der Waals surface area contributed by atoms with Crippen LogP contribution in [0.15, 0.2) is 16.7 Å². The van der Waals surface area contributed by atoms with E-state index < -0.39 is 0 Å². The minimum atomic E-state index is 0.196. The molecule has 0 bridgehead atoms. The summed E-state index contributed by atoms with van der Waals surface area (Å²) < 4.78 is 5.47. The number of nitrogens with two attached hydrogens (primary N) is 1. The number of rotatable bonds is 1. The lowest BCUT2D eigenvalue weighted by molar-refractivity contribution is 0.210. The van der Waals surface area contributed by atoms with Gasteiger partial charge in [0, 0.05) is 18.4 Å². The number of fused-ring (bicyclic) bond motifs is 1. The fourth-order valence-electron chi connectivity index (χ4n) is 2.84. The Hall–Kier alpha value is -0.760. The van der Waals surface area contributed by atoms with E-state index in [-0.39, 0.29) is 6.04 Å². The van der Waals surface area contributed by atoms with Crippen LogP contribution in [-0.2, 0) is 6.42 Å². The Bertz CT molecular complexity index is 325. The smallest absolute Gasteiger partial charge is 0.107 e. The summed E-state index contributed by atoms with van der Waals surface area (Å²) >= 11 is 0. The van der Waals surface area contributed by atoms with Gasteiger partial charge in [-0.25, -0.2) is 0 Å². The van der Waals surface area contributed by atoms with Crippen molar-refractivity contribution in [2.24, 2.45) is 11.1 Å². The summed E-state index contributed by atoms with van der Waals surface area (Å²) in [6.45, 7) is 6.70. The predicted octanol–water partition coefficient (Wildman–Crippen LogP) is 2.68. The molecule has 2 atom stereocenters. The van der Waals surface area contributed by atoms with E-state index in [4.69, 9.17) is 10.2 Å². The quantitative estimate of drug-likeness (QED) is 0.744. The Morgan fingerprint density at radius 2 is 2.29 bits per heavy atom. The molecule has 1 aliphatic carbocycles. The standard InChI is InChI=1S/C12H19NO/c1-8(13)11-9-5-7-14-10(9)4-6-12(11,2)3/h5,7-8,11H,4,6,13H2,1-3H3. The molecule has 0 aliphatic heterocycles. The molecule has 0 aromatic carbocycles. The Balaban J connectivity index is 2.44. The van der Waals surface area contributed by atoms with E-state index in [2.05, 4.69) is 26.8 Å². The van der Waals surface area contributed by atoms with Gasteiger partial charge >= 0.3 is 0 Å². The summed E-state index contributed by atoms with van der Waals surface area (Å²) in [6.07, 6.45) is 4.01. The Morgan fingerprint density at radius 3 is 2.93 bits per heavy atom. The molecular weight excluding hydrogens is 174 g/mol. The second-order valence-corrected chi connectivity index (χ2v) is 5.12. The van der Waals surface area contributed by atoms with Gasteiger partial charge in [-0.2, -0.15) is 0 Å². The summed E-state index contributed by atoms with van der Waals surface area (Å²) in [7, 11) is 0. The Labute approximate surface area is 85.5 Å². The van der Waals surface area contributed by atoms with Gasteiger partial charge in [0.25, 0.3) is 0 Å². The van der Waals surface area contributed by atoms with E-state index in [1.54, 1.807) is 6.26 Å². The molecule has 1 aromatic rings. The molecule has 2 rings (SSSR count). The van der Waals surface area contributed by atoms with Crippen molar-refractivity contribution in [1.82, 2.24) is 0 Å². The van der Waals surface area contributed by atoms with Crippen LogP contribution in [0.2, 0.25) is 0 Å². The van der Waals surface area contributed by atoms with Crippen molar-refractivity contribution in [3.8, 4) is 0 Å². The zero-order valence-corrected chi connectivity index (χ0v) is 9.21. The molecule has 2 N–H and O–H groups in total. The summed E-state index contributed by atoms with van der Waals surface area (Å²) in [4.78, 5) is 0. The van der Waals surface area contributed by atoms with Gasteiger partial charge in [-0.3, -0.25) is 0 Å². The van der Waals surface area contributed by atoms with Crippen LogP contribution >= 0.6 is 0 Å². The second kappa shape index (κ2) is 3.13. The lowest BCUT2D eigenvalue weighted by atomic mass is 9.65. The maximum Gasteiger partial charge on any atom is 0.107 e. The van der Waals surface area contributed by atoms with Gasteiger partial charge in [-0.15, -0.1) is 0 Å². The minimum Gasteiger partial charge on any atom is -0.469 e. The third-order valence-electron chi connectivity index (χ3n) is 3.48. The van der Waals surface area contributed by atoms with E-state index in [0.717, 1.165) is 12.2 Å². The van der Waals surface area contributed by atoms with E-state index in [9.17, 15) is 0 Å². The topological polar surface area (TPSA) is 39.2 Å². The summed E-state index contributed by atoms with van der Waals surface area (Å²) in [6, 6.07) is 2.28. The van der Waals surface area contributed by atoms with Crippen molar-refractivity contribution in [2.45, 2.75) is 45.6 Å². The van der Waals surface area contributed by atoms with Crippen LogP contribution < -0.4 is 5.73 Å². The van der Waals surface area contributed by atoms with Crippen molar-refractivity contribution < 1.29 is 4.42 Å². The molecule has 78 valence electrons. The maximum absolute atomic E-state index is 6.08. The third-order valence-corrected chi connectivity index (χ3v) is 3.48. The van der Waals surface area contributed by atoms with E-state index >= 15 is 0 Å². The van der Waals surface area contributed by atoms with E-state index in [0.29, 0.717) is 11.3 Å². The molecule has 0 fully saturated rings. The SMILES string of the molecule is CC(N)C1c2ccoc2CCC1(C)C. The molecule has 1 aliphatic rings. The molecular formula is C12H19NO. The summed E-state index contributed by atoms with van der Waals surface area (Å²) in [5.74, 6) is 1.58. The number of hydrogen-bond donors (Lipinski definition) is 1. The van der Waals surface area contributed by atoms with Gasteiger partial charge in [0.15, 0.2) is 0 Å². The highest BCUT2D eigenvalue weighted by Crippen LogP contribution is 2.46. The molecule has 0 saturated carbocycles. The van der Waals surface area contributed by atoms with Crippen molar-refractivity contribution in [1.29, 1.82) is 0 Å². The fraction of sp³-hybridized carbons (Fsp3) is 0.667. The third kappa shape index (κ3) is 1.38. The molecule has 1 heterocycles. The molecule has 2 heteroatoms. The van der Waals surface area contributed by atoms with Crippen LogP contribution in [0.25, 0.3) is 0 Å². The highest BCUT2D eigenvalue weighted by atomic mass is 16.3. The highest BCUT2D eigenvalue weighted by Gasteiger charge is 2.39. The first-order valence-corrected chi connectivity index (χ1v) is 5.34. The number of hydrogen-bond acceptors (Lipinski definition) is 2. The lowest BCUT2D eigenvalue weighted by Crippen LogP contribution is -2.38. The van der Waals surface area contributed by atoms with Crippen molar-refractivity contribution >= 4 is 0 Å². The molecule has 0 radical (unpaired) electrons. The highest BCUT2D eigenvalue weighted by molar-refractivity contribution is 5.29. The maximum atomic E-state index is 6.08. The molecule has 0 spiro atoms. The van der Waals surface area contributed by atoms with Gasteiger partial charge in [0.2, 0.25) is 0 Å². The van der Waals surface area contributed by atoms with Crippen molar-refractivity contribution in [3.05, 3.63) is 23.7 Å². The zero-order valence-electron chi connectivity index (χ0n) is 9.21. The molecule has 2 nitrogen and oxygen atoms in total. The van der Waals surface area contributed by atoms with Gasteiger partial charge in [-0.05, 0) is 30.4 Å². The first-order chi connectivity index (χ1) is 6.52.